The van der Waals surface area contributed by atoms with Crippen molar-refractivity contribution in [2.24, 2.45) is 12.9 Å². The largest absolute Gasteiger partial charge is 0.477 e. The van der Waals surface area contributed by atoms with Crippen LogP contribution in [-0.4, -0.2) is 79.9 Å². The average Bonchev–Trinajstić information content (AvgIpc) is 3.54. The van der Waals surface area contributed by atoms with Crippen LogP contribution in [-0.2, 0) is 23.2 Å². The Hall–Kier alpha value is -4.21. The number of carboxylic acid groups (broad SMARTS) is 1. The number of imidazole rings is 1. The molecule has 0 spiro atoms. The monoisotopic (exact) mass is 525 g/mol. The van der Waals surface area contributed by atoms with Gasteiger partial charge < -0.3 is 29.0 Å². The van der Waals surface area contributed by atoms with Crippen molar-refractivity contribution >= 4 is 46.2 Å². The Bertz CT molecular complexity index is 1460. The molecule has 0 unspecified atom stereocenters. The molecule has 0 saturated carbocycles. The van der Waals surface area contributed by atoms with Crippen LogP contribution in [0.15, 0.2) is 24.5 Å². The fraction of sp³-hybridized carbons (Fsp3) is 0.318. The first-order valence-corrected chi connectivity index (χ1v) is 12.0. The lowest BCUT2D eigenvalue weighted by Crippen LogP contribution is -2.37. The molecule has 4 aromatic rings. The number of fused-ring (bicyclic) bond motifs is 1. The van der Waals surface area contributed by atoms with Crippen LogP contribution in [0, 0.1) is 0 Å². The second-order valence-electron chi connectivity index (χ2n) is 8.23. The molecule has 5 heterocycles. The number of carboxylic acids is 1. The number of aromatic carboxylic acids is 1. The first-order chi connectivity index (χ1) is 17.9. The second kappa shape index (κ2) is 10.0. The molecule has 15 heteroatoms. The molecule has 5 rings (SSSR count). The Kier molecular flexibility index (Phi) is 6.64. The maximum atomic E-state index is 11.5. The van der Waals surface area contributed by atoms with E-state index in [1.807, 2.05) is 11.6 Å². The van der Waals surface area contributed by atoms with Gasteiger partial charge in [-0.25, -0.2) is 34.5 Å². The summed E-state index contributed by atoms with van der Waals surface area (Å²) in [4.78, 5) is 54.7. The summed E-state index contributed by atoms with van der Waals surface area (Å²) >= 11 is 1.12. The molecule has 0 atom stereocenters. The number of anilines is 2. The minimum absolute atomic E-state index is 0.139. The van der Waals surface area contributed by atoms with Crippen molar-refractivity contribution in [3.05, 3.63) is 40.8 Å². The van der Waals surface area contributed by atoms with Crippen LogP contribution in [0.4, 0.5) is 11.8 Å². The van der Waals surface area contributed by atoms with E-state index in [1.165, 1.54) is 12.4 Å². The summed E-state index contributed by atoms with van der Waals surface area (Å²) in [6.45, 7) is 2.77. The van der Waals surface area contributed by atoms with E-state index in [4.69, 9.17) is 25.6 Å². The van der Waals surface area contributed by atoms with Crippen LogP contribution < -0.4 is 15.7 Å². The lowest BCUT2D eigenvalue weighted by Gasteiger charge is -2.28. The van der Waals surface area contributed by atoms with Gasteiger partial charge in [0, 0.05) is 39.6 Å². The van der Waals surface area contributed by atoms with Crippen LogP contribution >= 0.6 is 11.3 Å². The van der Waals surface area contributed by atoms with E-state index >= 15 is 0 Å². The Morgan fingerprint density at radius 2 is 1.92 bits per heavy atom. The van der Waals surface area contributed by atoms with E-state index in [-0.39, 0.29) is 10.4 Å². The third-order valence-corrected chi connectivity index (χ3v) is 6.91. The number of nitrogens with zero attached hydrogens (tertiary/aromatic N) is 8. The van der Waals surface area contributed by atoms with Crippen molar-refractivity contribution in [1.82, 2.24) is 29.5 Å². The number of aryl methyl sites for hydroxylation is 1. The first-order valence-electron chi connectivity index (χ1n) is 11.2. The highest BCUT2D eigenvalue weighted by Gasteiger charge is 2.24. The average molecular weight is 526 g/mol. The number of nitrogens with two attached hydrogens (primary N) is 1. The highest BCUT2D eigenvalue weighted by Crippen LogP contribution is 2.32. The fourth-order valence-corrected chi connectivity index (χ4v) is 4.67. The smallest absolute Gasteiger partial charge is 0.359 e. The molecule has 1 aliphatic rings. The van der Waals surface area contributed by atoms with E-state index < -0.39 is 11.9 Å². The van der Waals surface area contributed by atoms with Gasteiger partial charge >= 0.3 is 11.9 Å². The molecule has 37 heavy (non-hydrogen) atoms. The van der Waals surface area contributed by atoms with E-state index in [9.17, 15) is 14.7 Å². The van der Waals surface area contributed by atoms with Crippen molar-refractivity contribution in [3.63, 3.8) is 0 Å². The zero-order valence-electron chi connectivity index (χ0n) is 20.0. The predicted octanol–water partition coefficient (Wildman–Crippen LogP) is 1.08. The van der Waals surface area contributed by atoms with Gasteiger partial charge in [0.05, 0.1) is 30.2 Å². The molecule has 0 aromatic carbocycles. The minimum atomic E-state index is -0.994. The second-order valence-corrected chi connectivity index (χ2v) is 9.32. The zero-order chi connectivity index (χ0) is 26.1. The van der Waals surface area contributed by atoms with Gasteiger partial charge in [-0.2, -0.15) is 5.90 Å². The van der Waals surface area contributed by atoms with E-state index in [0.717, 1.165) is 11.3 Å². The molecule has 3 N–H and O–H groups in total. The van der Waals surface area contributed by atoms with Crippen LogP contribution in [0.2, 0.25) is 0 Å². The summed E-state index contributed by atoms with van der Waals surface area (Å²) in [5, 5.41) is 9.35. The standard InChI is InChI=1S/C22H23N9O5S/c1-29(22-24-9-12(10-25-22)21(34)36-23)11-15-26-16-18(30(15)2)27-17(13-3-4-14(37-13)20(32)33)28-19(16)31-5-7-35-8-6-31/h3-4,9-10H,5-8,11,23H2,1-2H3,(H,32,33). The number of carbonyl (C=O) groups is 2. The van der Waals surface area contributed by atoms with Crippen molar-refractivity contribution in [3.8, 4) is 10.7 Å². The molecule has 0 amide bonds. The van der Waals surface area contributed by atoms with E-state index in [0.29, 0.717) is 72.3 Å². The third-order valence-electron chi connectivity index (χ3n) is 5.84. The molecule has 4 aromatic heterocycles. The summed E-state index contributed by atoms with van der Waals surface area (Å²) < 4.78 is 7.38. The number of aromatic nitrogens is 6. The minimum Gasteiger partial charge on any atom is -0.477 e. The summed E-state index contributed by atoms with van der Waals surface area (Å²) in [6, 6.07) is 3.26. The first kappa shape index (κ1) is 24.5. The number of thiophene rings is 1. The van der Waals surface area contributed by atoms with Crippen LogP contribution in [0.5, 0.6) is 0 Å². The summed E-state index contributed by atoms with van der Waals surface area (Å²) in [6.07, 6.45) is 2.67. The number of ether oxygens (including phenoxy) is 1. The van der Waals surface area contributed by atoms with Crippen LogP contribution in [0.1, 0.15) is 25.9 Å². The number of morpholine rings is 1. The Balaban J connectivity index is 1.52. The van der Waals surface area contributed by atoms with Crippen molar-refractivity contribution < 1.29 is 24.3 Å². The molecule has 0 aliphatic carbocycles. The molecule has 1 saturated heterocycles. The zero-order valence-corrected chi connectivity index (χ0v) is 20.8. The summed E-state index contributed by atoms with van der Waals surface area (Å²) in [5.74, 6) is 5.35. The maximum absolute atomic E-state index is 11.5. The molecular formula is C22H23N9O5S. The van der Waals surface area contributed by atoms with Gasteiger partial charge in [-0.1, -0.05) is 0 Å². The Labute approximate surface area is 214 Å². The Morgan fingerprint density at radius 1 is 1.19 bits per heavy atom. The van der Waals surface area contributed by atoms with Gasteiger partial charge in [-0.3, -0.25) is 0 Å². The molecule has 1 fully saturated rings. The lowest BCUT2D eigenvalue weighted by atomic mass is 10.3. The highest BCUT2D eigenvalue weighted by atomic mass is 32.1. The molecular weight excluding hydrogens is 502 g/mol. The van der Waals surface area contributed by atoms with Gasteiger partial charge in [0.2, 0.25) is 5.95 Å². The van der Waals surface area contributed by atoms with Crippen molar-refractivity contribution in [2.75, 3.05) is 43.2 Å². The number of hydrogen-bond donors (Lipinski definition) is 2. The van der Waals surface area contributed by atoms with Crippen LogP contribution in [0.3, 0.4) is 0 Å². The van der Waals surface area contributed by atoms with E-state index in [1.54, 1.807) is 24.1 Å². The molecule has 0 radical (unpaired) electrons. The van der Waals surface area contributed by atoms with Gasteiger partial charge in [-0.15, -0.1) is 11.3 Å². The quantitative estimate of drug-likeness (QED) is 0.328. The lowest BCUT2D eigenvalue weighted by molar-refractivity contribution is 0.0502. The van der Waals surface area contributed by atoms with Gasteiger partial charge in [0.15, 0.2) is 22.8 Å². The van der Waals surface area contributed by atoms with E-state index in [2.05, 4.69) is 19.7 Å². The normalized spacial score (nSPS) is 13.6. The molecule has 1 aliphatic heterocycles. The number of carbonyl (C=O) groups excluding carboxylic acids is 1. The van der Waals surface area contributed by atoms with Gasteiger partial charge in [-0.05, 0) is 12.1 Å². The maximum Gasteiger partial charge on any atom is 0.359 e. The predicted molar refractivity (Wildman–Crippen MR) is 133 cm³/mol. The SMILES string of the molecule is CN(Cc1nc2c(N3CCOCC3)nc(-c3ccc(C(=O)O)s3)nc2n1C)c1ncc(C(=O)ON)cn1. The van der Waals surface area contributed by atoms with Crippen LogP contribution in [0.25, 0.3) is 21.9 Å². The number of rotatable bonds is 7. The van der Waals surface area contributed by atoms with Crippen molar-refractivity contribution in [2.45, 2.75) is 6.54 Å². The highest BCUT2D eigenvalue weighted by molar-refractivity contribution is 7.17. The van der Waals surface area contributed by atoms with Gasteiger partial charge in [0.25, 0.3) is 0 Å². The molecule has 0 bridgehead atoms. The Morgan fingerprint density at radius 3 is 2.57 bits per heavy atom. The number of hydrogen-bond acceptors (Lipinski definition) is 13. The summed E-state index contributed by atoms with van der Waals surface area (Å²) in [5.41, 5.74) is 1.38. The fourth-order valence-electron chi connectivity index (χ4n) is 3.89. The summed E-state index contributed by atoms with van der Waals surface area (Å²) in [7, 11) is 3.66. The van der Waals surface area contributed by atoms with Gasteiger partial charge in [0.1, 0.15) is 10.7 Å². The molecule has 192 valence electrons. The van der Waals surface area contributed by atoms with Crippen molar-refractivity contribution in [1.29, 1.82) is 0 Å². The third kappa shape index (κ3) is 4.78. The molecule has 14 nitrogen and oxygen atoms in total. The topological polar surface area (TPSA) is 175 Å².